The van der Waals surface area contributed by atoms with Gasteiger partial charge in [0, 0.05) is 12.1 Å². The molecule has 0 atom stereocenters. The SMILES string of the molecule is O=Cc1cc(-c2cccc(Oc3ncc(F)cc3C(=O)N[C@H]3CC[C@H](NC(=O)O)CC3)c2)ccc1O. The van der Waals surface area contributed by atoms with Gasteiger partial charge in [0.25, 0.3) is 5.91 Å². The second-order valence-corrected chi connectivity index (χ2v) is 8.50. The number of phenols is 1. The summed E-state index contributed by atoms with van der Waals surface area (Å²) in [5.41, 5.74) is 1.43. The number of aromatic hydroxyl groups is 1. The largest absolute Gasteiger partial charge is 0.507 e. The predicted molar refractivity (Wildman–Crippen MR) is 128 cm³/mol. The molecule has 1 heterocycles. The molecule has 2 aromatic carbocycles. The van der Waals surface area contributed by atoms with Crippen molar-refractivity contribution in [2.45, 2.75) is 37.8 Å². The Balaban J connectivity index is 1.50. The van der Waals surface area contributed by atoms with Gasteiger partial charge in [-0.2, -0.15) is 0 Å². The number of nitrogens with one attached hydrogen (secondary N) is 2. The molecule has 0 radical (unpaired) electrons. The Morgan fingerprint density at radius 3 is 2.39 bits per heavy atom. The number of carboxylic acid groups (broad SMARTS) is 1. The molecule has 0 unspecified atom stereocenters. The molecule has 186 valence electrons. The van der Waals surface area contributed by atoms with E-state index in [1.54, 1.807) is 30.3 Å². The second-order valence-electron chi connectivity index (χ2n) is 8.50. The van der Waals surface area contributed by atoms with Gasteiger partial charge in [-0.15, -0.1) is 0 Å². The van der Waals surface area contributed by atoms with Crippen LogP contribution in [-0.4, -0.2) is 45.6 Å². The number of ether oxygens (including phenoxy) is 1. The molecule has 4 rings (SSSR count). The number of amides is 2. The van der Waals surface area contributed by atoms with Crippen LogP contribution < -0.4 is 15.4 Å². The molecule has 1 aromatic heterocycles. The Kier molecular flexibility index (Phi) is 7.43. The van der Waals surface area contributed by atoms with Crippen LogP contribution in [-0.2, 0) is 0 Å². The average molecular weight is 493 g/mol. The minimum atomic E-state index is -1.08. The summed E-state index contributed by atoms with van der Waals surface area (Å²) in [5.74, 6) is -1.11. The topological polar surface area (TPSA) is 138 Å². The Morgan fingerprint density at radius 1 is 1.00 bits per heavy atom. The normalized spacial score (nSPS) is 17.1. The quantitative estimate of drug-likeness (QED) is 0.355. The summed E-state index contributed by atoms with van der Waals surface area (Å²) >= 11 is 0. The molecule has 0 bridgehead atoms. The number of hydrogen-bond donors (Lipinski definition) is 4. The highest BCUT2D eigenvalue weighted by Crippen LogP contribution is 2.30. The summed E-state index contributed by atoms with van der Waals surface area (Å²) in [6.07, 6.45) is 2.75. The Bertz CT molecular complexity index is 1290. The number of aromatic nitrogens is 1. The molecular formula is C26H24FN3O6. The van der Waals surface area contributed by atoms with Crippen LogP contribution in [0.5, 0.6) is 17.4 Å². The van der Waals surface area contributed by atoms with Crippen LogP contribution in [0.2, 0.25) is 0 Å². The van der Waals surface area contributed by atoms with E-state index in [-0.39, 0.29) is 34.8 Å². The van der Waals surface area contributed by atoms with Crippen molar-refractivity contribution in [3.63, 3.8) is 0 Å². The number of phenolic OH excluding ortho intramolecular Hbond substituents is 1. The third-order valence-corrected chi connectivity index (χ3v) is 5.99. The number of hydrogen-bond acceptors (Lipinski definition) is 6. The van der Waals surface area contributed by atoms with Crippen molar-refractivity contribution in [2.75, 3.05) is 0 Å². The second kappa shape index (κ2) is 10.9. The van der Waals surface area contributed by atoms with E-state index in [4.69, 9.17) is 9.84 Å². The first-order valence-corrected chi connectivity index (χ1v) is 11.3. The van der Waals surface area contributed by atoms with Gasteiger partial charge in [0.1, 0.15) is 22.9 Å². The first-order valence-electron chi connectivity index (χ1n) is 11.3. The monoisotopic (exact) mass is 493 g/mol. The van der Waals surface area contributed by atoms with E-state index < -0.39 is 17.8 Å². The molecule has 1 fully saturated rings. The molecule has 4 N–H and O–H groups in total. The highest BCUT2D eigenvalue weighted by molar-refractivity contribution is 5.96. The fourth-order valence-corrected chi connectivity index (χ4v) is 4.17. The smallest absolute Gasteiger partial charge is 0.404 e. The Labute approximate surface area is 205 Å². The van der Waals surface area contributed by atoms with E-state index in [0.29, 0.717) is 48.8 Å². The number of halogens is 1. The van der Waals surface area contributed by atoms with Crippen molar-refractivity contribution in [2.24, 2.45) is 0 Å². The lowest BCUT2D eigenvalue weighted by Crippen LogP contribution is -2.43. The zero-order chi connectivity index (χ0) is 25.7. The molecule has 1 aliphatic carbocycles. The first-order chi connectivity index (χ1) is 17.3. The van der Waals surface area contributed by atoms with E-state index in [0.717, 1.165) is 12.3 Å². The molecule has 0 aliphatic heterocycles. The first kappa shape index (κ1) is 24.6. The van der Waals surface area contributed by atoms with Gasteiger partial charge >= 0.3 is 6.09 Å². The summed E-state index contributed by atoms with van der Waals surface area (Å²) in [4.78, 5) is 38.9. The summed E-state index contributed by atoms with van der Waals surface area (Å²) in [6, 6.07) is 12.1. The Morgan fingerprint density at radius 2 is 1.69 bits per heavy atom. The maximum atomic E-state index is 14.0. The highest BCUT2D eigenvalue weighted by Gasteiger charge is 2.25. The van der Waals surface area contributed by atoms with Gasteiger partial charge in [-0.05, 0) is 67.1 Å². The molecule has 36 heavy (non-hydrogen) atoms. The van der Waals surface area contributed by atoms with Gasteiger partial charge in [0.2, 0.25) is 5.88 Å². The number of carbonyl (C=O) groups excluding carboxylic acids is 2. The number of pyridine rings is 1. The number of rotatable bonds is 7. The van der Waals surface area contributed by atoms with Crippen molar-refractivity contribution in [3.05, 3.63) is 71.7 Å². The summed E-state index contributed by atoms with van der Waals surface area (Å²) in [7, 11) is 0. The van der Waals surface area contributed by atoms with Crippen LogP contribution in [0, 0.1) is 5.82 Å². The molecule has 2 amide bonds. The van der Waals surface area contributed by atoms with Crippen LogP contribution >= 0.6 is 0 Å². The van der Waals surface area contributed by atoms with Crippen LogP contribution in [0.3, 0.4) is 0 Å². The summed E-state index contributed by atoms with van der Waals surface area (Å²) in [5, 5.41) is 23.9. The number of nitrogens with zero attached hydrogens (tertiary/aromatic N) is 1. The van der Waals surface area contributed by atoms with Gasteiger partial charge in [0.05, 0.1) is 11.8 Å². The van der Waals surface area contributed by atoms with Gasteiger partial charge in [-0.1, -0.05) is 18.2 Å². The van der Waals surface area contributed by atoms with Gasteiger partial charge in [-0.3, -0.25) is 9.59 Å². The van der Waals surface area contributed by atoms with Crippen LogP contribution in [0.4, 0.5) is 9.18 Å². The lowest BCUT2D eigenvalue weighted by atomic mass is 9.91. The van der Waals surface area contributed by atoms with Crippen molar-refractivity contribution < 1.29 is 33.7 Å². The number of aldehydes is 1. The maximum Gasteiger partial charge on any atom is 0.404 e. The third-order valence-electron chi connectivity index (χ3n) is 5.99. The lowest BCUT2D eigenvalue weighted by Gasteiger charge is -2.29. The molecule has 1 saturated carbocycles. The van der Waals surface area contributed by atoms with Crippen LogP contribution in [0.15, 0.2) is 54.7 Å². The standard InChI is InChI=1S/C26H24FN3O6/c27-18-12-22(24(33)29-19-5-7-20(8-6-19)30-26(34)35)25(28-13-18)36-21-3-1-2-15(11-21)16-4-9-23(32)17(10-16)14-31/h1-4,9-14,19-20,30,32H,5-8H2,(H,29,33)(H,34,35)/t19-,20-. The fraction of sp³-hybridized carbons (Fsp3) is 0.231. The Hall–Kier alpha value is -4.47. The van der Waals surface area contributed by atoms with Gasteiger partial charge in [0.15, 0.2) is 6.29 Å². The molecule has 3 aromatic rings. The van der Waals surface area contributed by atoms with Gasteiger partial charge < -0.3 is 25.6 Å². The molecule has 9 nitrogen and oxygen atoms in total. The van der Waals surface area contributed by atoms with Gasteiger partial charge in [-0.25, -0.2) is 14.2 Å². The van der Waals surface area contributed by atoms with E-state index in [2.05, 4.69) is 15.6 Å². The third kappa shape index (κ3) is 5.96. The van der Waals surface area contributed by atoms with Crippen LogP contribution in [0.25, 0.3) is 11.1 Å². The minimum absolute atomic E-state index is 0.0703. The predicted octanol–water partition coefficient (Wildman–Crippen LogP) is 4.51. The molecule has 1 aliphatic rings. The van der Waals surface area contributed by atoms with Crippen molar-refractivity contribution in [1.82, 2.24) is 15.6 Å². The van der Waals surface area contributed by atoms with E-state index in [1.165, 1.54) is 12.1 Å². The van der Waals surface area contributed by atoms with Crippen molar-refractivity contribution >= 4 is 18.3 Å². The van der Waals surface area contributed by atoms with Crippen LogP contribution in [0.1, 0.15) is 46.4 Å². The molecule has 0 spiro atoms. The maximum absolute atomic E-state index is 14.0. The average Bonchev–Trinajstić information content (AvgIpc) is 2.86. The summed E-state index contributed by atoms with van der Waals surface area (Å²) in [6.45, 7) is 0. The van der Waals surface area contributed by atoms with Crippen molar-refractivity contribution in [1.29, 1.82) is 0 Å². The zero-order valence-electron chi connectivity index (χ0n) is 19.1. The zero-order valence-corrected chi connectivity index (χ0v) is 19.1. The van der Waals surface area contributed by atoms with Crippen molar-refractivity contribution in [3.8, 4) is 28.5 Å². The number of carbonyl (C=O) groups is 3. The van der Waals surface area contributed by atoms with E-state index >= 15 is 0 Å². The van der Waals surface area contributed by atoms with E-state index in [1.807, 2.05) is 0 Å². The highest BCUT2D eigenvalue weighted by atomic mass is 19.1. The fourth-order valence-electron chi connectivity index (χ4n) is 4.17. The molecular weight excluding hydrogens is 469 g/mol. The lowest BCUT2D eigenvalue weighted by molar-refractivity contribution is 0.0919. The minimum Gasteiger partial charge on any atom is -0.507 e. The summed E-state index contributed by atoms with van der Waals surface area (Å²) < 4.78 is 19.8. The molecule has 10 heteroatoms. The van der Waals surface area contributed by atoms with E-state index in [9.17, 15) is 23.9 Å². The number of benzene rings is 2. The molecule has 0 saturated heterocycles.